The fourth-order valence-electron chi connectivity index (χ4n) is 2.81. The lowest BCUT2D eigenvalue weighted by molar-refractivity contribution is -0.116. The highest BCUT2D eigenvalue weighted by molar-refractivity contribution is 6.56. The standard InChI is InChI=1S/C17H15N3O/c1-17(2,11-6-4-3-5-7-11)18-16(21)15-13-9-10-8-12(10)14(13)19-20-15/h3-7,9H,8H2,1-2H3,(H,18,21). The van der Waals surface area contributed by atoms with Crippen LogP contribution < -0.4 is 5.32 Å². The Kier molecular flexibility index (Phi) is 2.34. The summed E-state index contributed by atoms with van der Waals surface area (Å²) < 4.78 is 0. The molecule has 1 heterocycles. The molecule has 0 saturated carbocycles. The Hall–Kier alpha value is -2.49. The quantitative estimate of drug-likeness (QED) is 0.906. The summed E-state index contributed by atoms with van der Waals surface area (Å²) in [4.78, 5) is 12.5. The van der Waals surface area contributed by atoms with E-state index in [1.807, 2.05) is 50.3 Å². The molecule has 4 heteroatoms. The highest BCUT2D eigenvalue weighted by Gasteiger charge is 2.40. The largest absolute Gasteiger partial charge is 0.342 e. The third-order valence-corrected chi connectivity index (χ3v) is 4.13. The van der Waals surface area contributed by atoms with E-state index in [0.29, 0.717) is 5.71 Å². The van der Waals surface area contributed by atoms with Gasteiger partial charge in [0, 0.05) is 12.0 Å². The molecule has 4 rings (SSSR count). The Morgan fingerprint density at radius 2 is 1.95 bits per heavy atom. The molecular weight excluding hydrogens is 262 g/mol. The molecule has 0 spiro atoms. The molecule has 1 N–H and O–H groups in total. The summed E-state index contributed by atoms with van der Waals surface area (Å²) >= 11 is 0. The molecule has 0 aromatic heterocycles. The van der Waals surface area contributed by atoms with E-state index in [9.17, 15) is 4.79 Å². The first-order chi connectivity index (χ1) is 10.1. The zero-order valence-electron chi connectivity index (χ0n) is 12.0. The van der Waals surface area contributed by atoms with Crippen molar-refractivity contribution < 1.29 is 4.79 Å². The van der Waals surface area contributed by atoms with Crippen LogP contribution in [0.2, 0.25) is 0 Å². The predicted molar refractivity (Wildman–Crippen MR) is 82.2 cm³/mol. The first-order valence-corrected chi connectivity index (χ1v) is 7.05. The lowest BCUT2D eigenvalue weighted by Crippen LogP contribution is -2.44. The normalized spacial score (nSPS) is 18.7. The van der Waals surface area contributed by atoms with Gasteiger partial charge < -0.3 is 5.32 Å². The molecule has 3 aliphatic rings. The molecule has 4 nitrogen and oxygen atoms in total. The van der Waals surface area contributed by atoms with Crippen molar-refractivity contribution >= 4 is 17.3 Å². The van der Waals surface area contributed by atoms with E-state index in [2.05, 4.69) is 15.5 Å². The molecule has 0 radical (unpaired) electrons. The summed E-state index contributed by atoms with van der Waals surface area (Å²) in [5.74, 6) is -0.170. The second kappa shape index (κ2) is 4.01. The number of carbonyl (C=O) groups is 1. The fraction of sp³-hybridized carbons (Fsp3) is 0.235. The van der Waals surface area contributed by atoms with E-state index in [1.165, 1.54) is 11.1 Å². The van der Waals surface area contributed by atoms with Crippen LogP contribution in [0, 0.1) is 0 Å². The van der Waals surface area contributed by atoms with E-state index in [1.54, 1.807) is 0 Å². The maximum Gasteiger partial charge on any atom is 0.273 e. The topological polar surface area (TPSA) is 53.8 Å². The zero-order chi connectivity index (χ0) is 14.6. The Balaban J connectivity index is 1.54. The monoisotopic (exact) mass is 277 g/mol. The first-order valence-electron chi connectivity index (χ1n) is 7.05. The van der Waals surface area contributed by atoms with Gasteiger partial charge in [-0.3, -0.25) is 4.79 Å². The second-order valence-electron chi connectivity index (χ2n) is 6.08. The molecule has 21 heavy (non-hydrogen) atoms. The molecular formula is C17H15N3O. The van der Waals surface area contributed by atoms with Gasteiger partial charge in [-0.15, -0.1) is 10.2 Å². The molecule has 1 aromatic rings. The van der Waals surface area contributed by atoms with Gasteiger partial charge in [-0.05, 0) is 36.6 Å². The van der Waals surface area contributed by atoms with Gasteiger partial charge in [-0.2, -0.15) is 0 Å². The van der Waals surface area contributed by atoms with Crippen LogP contribution in [-0.4, -0.2) is 17.3 Å². The second-order valence-corrected chi connectivity index (χ2v) is 6.08. The van der Waals surface area contributed by atoms with Gasteiger partial charge in [0.2, 0.25) is 0 Å². The Bertz CT molecular complexity index is 780. The van der Waals surface area contributed by atoms with Gasteiger partial charge in [0.25, 0.3) is 5.91 Å². The van der Waals surface area contributed by atoms with Crippen molar-refractivity contribution in [1.82, 2.24) is 5.32 Å². The SMILES string of the molecule is CC(C)(NC(=O)C1=NN=C2C1=CC1=C2C1)c1ccccc1. The maximum atomic E-state index is 12.5. The Labute approximate surface area is 123 Å². The molecule has 0 saturated heterocycles. The Morgan fingerprint density at radius 3 is 2.71 bits per heavy atom. The first kappa shape index (κ1) is 12.3. The highest BCUT2D eigenvalue weighted by Crippen LogP contribution is 2.43. The molecule has 1 aromatic carbocycles. The van der Waals surface area contributed by atoms with E-state index in [0.717, 1.165) is 23.3 Å². The maximum absolute atomic E-state index is 12.5. The minimum absolute atomic E-state index is 0.170. The summed E-state index contributed by atoms with van der Waals surface area (Å²) in [5.41, 5.74) is 5.36. The third kappa shape index (κ3) is 1.87. The molecule has 0 unspecified atom stereocenters. The zero-order valence-corrected chi connectivity index (χ0v) is 12.0. The van der Waals surface area contributed by atoms with E-state index in [-0.39, 0.29) is 5.91 Å². The number of hydrogen-bond acceptors (Lipinski definition) is 3. The summed E-state index contributed by atoms with van der Waals surface area (Å²) in [6.07, 6.45) is 3.04. The van der Waals surface area contributed by atoms with Gasteiger partial charge in [-0.25, -0.2) is 0 Å². The van der Waals surface area contributed by atoms with Gasteiger partial charge in [0.05, 0.1) is 11.3 Å². The minimum atomic E-state index is -0.452. The van der Waals surface area contributed by atoms with Crippen molar-refractivity contribution in [3.05, 3.63) is 58.7 Å². The molecule has 104 valence electrons. The molecule has 0 fully saturated rings. The van der Waals surface area contributed by atoms with Crippen LogP contribution in [0.15, 0.2) is 63.3 Å². The molecule has 1 aliphatic heterocycles. The number of amides is 1. The minimum Gasteiger partial charge on any atom is -0.342 e. The molecule has 0 atom stereocenters. The molecule has 0 bridgehead atoms. The average molecular weight is 277 g/mol. The number of rotatable bonds is 3. The van der Waals surface area contributed by atoms with Crippen LogP contribution in [0.1, 0.15) is 25.8 Å². The number of fused-ring (bicyclic) bond motifs is 2. The van der Waals surface area contributed by atoms with Crippen LogP contribution in [0.25, 0.3) is 0 Å². The van der Waals surface area contributed by atoms with Crippen molar-refractivity contribution in [2.45, 2.75) is 25.8 Å². The van der Waals surface area contributed by atoms with E-state index >= 15 is 0 Å². The summed E-state index contributed by atoms with van der Waals surface area (Å²) in [5, 5.41) is 11.3. The van der Waals surface area contributed by atoms with Crippen molar-refractivity contribution in [3.8, 4) is 0 Å². The summed E-state index contributed by atoms with van der Waals surface area (Å²) in [6.45, 7) is 3.98. The third-order valence-electron chi connectivity index (χ3n) is 4.13. The lowest BCUT2D eigenvalue weighted by atomic mass is 9.93. The van der Waals surface area contributed by atoms with Gasteiger partial charge in [-0.1, -0.05) is 30.3 Å². The summed E-state index contributed by atoms with van der Waals surface area (Å²) in [6, 6.07) is 9.92. The lowest BCUT2D eigenvalue weighted by Gasteiger charge is -2.27. The van der Waals surface area contributed by atoms with Crippen LogP contribution >= 0.6 is 0 Å². The van der Waals surface area contributed by atoms with Gasteiger partial charge in [0.1, 0.15) is 0 Å². The number of nitrogens with zero attached hydrogens (tertiary/aromatic N) is 2. The Morgan fingerprint density at radius 1 is 1.19 bits per heavy atom. The van der Waals surface area contributed by atoms with Crippen molar-refractivity contribution in [3.63, 3.8) is 0 Å². The van der Waals surface area contributed by atoms with Crippen LogP contribution in [0.5, 0.6) is 0 Å². The van der Waals surface area contributed by atoms with Gasteiger partial charge >= 0.3 is 0 Å². The predicted octanol–water partition coefficient (Wildman–Crippen LogP) is 2.49. The van der Waals surface area contributed by atoms with Crippen LogP contribution in [0.3, 0.4) is 0 Å². The molecule has 2 aliphatic carbocycles. The molecule has 1 amide bonds. The number of carbonyl (C=O) groups excluding carboxylic acids is 1. The van der Waals surface area contributed by atoms with Crippen molar-refractivity contribution in [2.75, 3.05) is 0 Å². The van der Waals surface area contributed by atoms with Crippen molar-refractivity contribution in [1.29, 1.82) is 0 Å². The number of nitrogens with one attached hydrogen (secondary N) is 1. The summed E-state index contributed by atoms with van der Waals surface area (Å²) in [7, 11) is 0. The van der Waals surface area contributed by atoms with E-state index < -0.39 is 5.54 Å². The van der Waals surface area contributed by atoms with Crippen molar-refractivity contribution in [2.24, 2.45) is 10.2 Å². The van der Waals surface area contributed by atoms with Gasteiger partial charge in [0.15, 0.2) is 5.71 Å². The average Bonchev–Trinajstić information content (AvgIpc) is 2.94. The number of benzene rings is 1. The van der Waals surface area contributed by atoms with Crippen LogP contribution in [-0.2, 0) is 10.3 Å². The fourth-order valence-corrected chi connectivity index (χ4v) is 2.81. The van der Waals surface area contributed by atoms with E-state index in [4.69, 9.17) is 0 Å². The highest BCUT2D eigenvalue weighted by atomic mass is 16.2. The number of hydrogen-bond donors (Lipinski definition) is 1. The van der Waals surface area contributed by atoms with Crippen LogP contribution in [0.4, 0.5) is 0 Å². The smallest absolute Gasteiger partial charge is 0.273 e. The number of allylic oxidation sites excluding steroid dienone is 3.